The largest absolute Gasteiger partial charge is 0.423 e. The van der Waals surface area contributed by atoms with Gasteiger partial charge in [-0.2, -0.15) is 0 Å². The van der Waals surface area contributed by atoms with Gasteiger partial charge >= 0.3 is 5.97 Å². The molecule has 0 aliphatic rings. The predicted octanol–water partition coefficient (Wildman–Crippen LogP) is 6.54. The maximum atomic E-state index is 12.9. The Bertz CT molecular complexity index is 1130. The van der Waals surface area contributed by atoms with Crippen molar-refractivity contribution in [3.63, 3.8) is 0 Å². The van der Waals surface area contributed by atoms with Gasteiger partial charge in [-0.3, -0.25) is 0 Å². The fraction of sp³-hybridized carbons (Fsp3) is 0. The van der Waals surface area contributed by atoms with Crippen molar-refractivity contribution in [1.29, 1.82) is 0 Å². The Morgan fingerprint density at radius 2 is 1.63 bits per heavy atom. The molecule has 0 spiro atoms. The quantitative estimate of drug-likeness (QED) is 0.269. The summed E-state index contributed by atoms with van der Waals surface area (Å²) in [6, 6.07) is 23.8. The number of para-hydroxylation sites is 1. The van der Waals surface area contributed by atoms with Crippen LogP contribution in [0.25, 0.3) is 22.2 Å². The third kappa shape index (κ3) is 3.87. The summed E-state index contributed by atoms with van der Waals surface area (Å²) in [6.07, 6.45) is 0. The van der Waals surface area contributed by atoms with E-state index >= 15 is 0 Å². The van der Waals surface area contributed by atoms with Gasteiger partial charge in [0.05, 0.1) is 16.8 Å². The Morgan fingerprint density at radius 3 is 2.37 bits per heavy atom. The molecule has 0 fully saturated rings. The summed E-state index contributed by atoms with van der Waals surface area (Å²) in [7, 11) is 0. The van der Waals surface area contributed by atoms with Gasteiger partial charge in [0.2, 0.25) is 0 Å². The maximum absolute atomic E-state index is 12.9. The van der Waals surface area contributed by atoms with Crippen molar-refractivity contribution in [1.82, 2.24) is 4.98 Å². The molecule has 0 N–H and O–H groups in total. The summed E-state index contributed by atoms with van der Waals surface area (Å²) in [5.41, 5.74) is 2.84. The number of esters is 1. The zero-order valence-corrected chi connectivity index (χ0v) is 16.4. The van der Waals surface area contributed by atoms with E-state index in [1.54, 1.807) is 30.3 Å². The highest BCUT2D eigenvalue weighted by atomic mass is 79.9. The van der Waals surface area contributed by atoms with E-state index in [2.05, 4.69) is 15.9 Å². The van der Waals surface area contributed by atoms with Gasteiger partial charge in [0.15, 0.2) is 0 Å². The Kier molecular flexibility index (Phi) is 4.92. The molecule has 0 aliphatic heterocycles. The molecule has 0 aliphatic carbocycles. The van der Waals surface area contributed by atoms with Crippen molar-refractivity contribution in [2.75, 3.05) is 0 Å². The summed E-state index contributed by atoms with van der Waals surface area (Å²) in [4.78, 5) is 17.6. The fourth-order valence-electron chi connectivity index (χ4n) is 2.78. The highest BCUT2D eigenvalue weighted by Crippen LogP contribution is 2.27. The zero-order valence-electron chi connectivity index (χ0n) is 14.0. The van der Waals surface area contributed by atoms with E-state index in [4.69, 9.17) is 21.3 Å². The number of aromatic nitrogens is 1. The van der Waals surface area contributed by atoms with Crippen LogP contribution in [-0.2, 0) is 0 Å². The van der Waals surface area contributed by atoms with Crippen molar-refractivity contribution in [3.8, 4) is 17.0 Å². The molecule has 3 aromatic carbocycles. The van der Waals surface area contributed by atoms with E-state index in [9.17, 15) is 4.79 Å². The normalized spacial score (nSPS) is 10.7. The van der Waals surface area contributed by atoms with Crippen LogP contribution in [0.5, 0.6) is 5.75 Å². The van der Waals surface area contributed by atoms with Gasteiger partial charge in [-0.25, -0.2) is 9.78 Å². The molecule has 0 amide bonds. The van der Waals surface area contributed by atoms with Crippen LogP contribution in [0.2, 0.25) is 5.02 Å². The highest BCUT2D eigenvalue weighted by Gasteiger charge is 2.16. The van der Waals surface area contributed by atoms with Gasteiger partial charge in [0.25, 0.3) is 0 Å². The van der Waals surface area contributed by atoms with Crippen molar-refractivity contribution < 1.29 is 9.53 Å². The highest BCUT2D eigenvalue weighted by molar-refractivity contribution is 9.10. The van der Waals surface area contributed by atoms with Gasteiger partial charge in [0, 0.05) is 20.4 Å². The first-order valence-corrected chi connectivity index (χ1v) is 9.41. The number of hydrogen-bond acceptors (Lipinski definition) is 3. The number of carbonyl (C=O) groups is 1. The van der Waals surface area contributed by atoms with Crippen LogP contribution in [0.1, 0.15) is 10.4 Å². The molecular weight excluding hydrogens is 426 g/mol. The van der Waals surface area contributed by atoms with E-state index in [-0.39, 0.29) is 0 Å². The van der Waals surface area contributed by atoms with Crippen LogP contribution in [-0.4, -0.2) is 11.0 Å². The second-order valence-electron chi connectivity index (χ2n) is 5.92. The predicted molar refractivity (Wildman–Crippen MR) is 111 cm³/mol. The van der Waals surface area contributed by atoms with Crippen molar-refractivity contribution in [2.24, 2.45) is 0 Å². The summed E-state index contributed by atoms with van der Waals surface area (Å²) in [6.45, 7) is 0. The van der Waals surface area contributed by atoms with Gasteiger partial charge in [-0.05, 0) is 48.5 Å². The van der Waals surface area contributed by atoms with E-state index in [0.29, 0.717) is 22.0 Å². The molecule has 4 rings (SSSR count). The van der Waals surface area contributed by atoms with E-state index in [1.165, 1.54) is 0 Å². The summed E-state index contributed by atoms with van der Waals surface area (Å²) in [5.74, 6) is 0.00442. The average molecular weight is 439 g/mol. The van der Waals surface area contributed by atoms with Crippen molar-refractivity contribution in [3.05, 3.63) is 93.9 Å². The number of hydrogen-bond donors (Lipinski definition) is 0. The molecule has 5 heteroatoms. The van der Waals surface area contributed by atoms with Crippen LogP contribution in [0.4, 0.5) is 0 Å². The van der Waals surface area contributed by atoms with Crippen molar-refractivity contribution in [2.45, 2.75) is 0 Å². The molecule has 132 valence electrons. The van der Waals surface area contributed by atoms with Crippen molar-refractivity contribution >= 4 is 44.4 Å². The Labute approximate surface area is 169 Å². The van der Waals surface area contributed by atoms with Gasteiger partial charge in [0.1, 0.15) is 5.75 Å². The molecular formula is C22H13BrClNO2. The maximum Gasteiger partial charge on any atom is 0.344 e. The Balaban J connectivity index is 1.79. The van der Waals surface area contributed by atoms with Crippen LogP contribution < -0.4 is 4.74 Å². The minimum atomic E-state index is -0.436. The summed E-state index contributed by atoms with van der Waals surface area (Å²) < 4.78 is 6.52. The molecule has 4 aromatic rings. The lowest BCUT2D eigenvalue weighted by Crippen LogP contribution is -2.10. The van der Waals surface area contributed by atoms with E-state index < -0.39 is 5.97 Å². The minimum absolute atomic E-state index is 0.436. The van der Waals surface area contributed by atoms with E-state index in [0.717, 1.165) is 20.9 Å². The standard InChI is InChI=1S/C22H13BrClNO2/c23-15-7-5-14(6-8-15)21-13-19(18-3-1-2-4-20(18)25-21)22(26)27-17-11-9-16(24)10-12-17/h1-13H. The molecule has 0 atom stereocenters. The molecule has 27 heavy (non-hydrogen) atoms. The van der Waals surface area contributed by atoms with Gasteiger partial charge in [-0.15, -0.1) is 0 Å². The SMILES string of the molecule is O=C(Oc1ccc(Cl)cc1)c1cc(-c2ccc(Br)cc2)nc2ccccc12. The Morgan fingerprint density at radius 1 is 0.926 bits per heavy atom. The first kappa shape index (κ1) is 17.7. The van der Waals surface area contributed by atoms with Gasteiger partial charge < -0.3 is 4.74 Å². The molecule has 0 radical (unpaired) electrons. The molecule has 0 unspecified atom stereocenters. The number of ether oxygens (including phenoxy) is 1. The smallest absolute Gasteiger partial charge is 0.344 e. The van der Waals surface area contributed by atoms with Crippen LogP contribution in [0.15, 0.2) is 83.3 Å². The minimum Gasteiger partial charge on any atom is -0.423 e. The lowest BCUT2D eigenvalue weighted by atomic mass is 10.0. The number of rotatable bonds is 3. The zero-order chi connectivity index (χ0) is 18.8. The number of fused-ring (bicyclic) bond motifs is 1. The number of nitrogens with zero attached hydrogens (tertiary/aromatic N) is 1. The molecule has 1 aromatic heterocycles. The second kappa shape index (κ2) is 7.51. The fourth-order valence-corrected chi connectivity index (χ4v) is 3.17. The number of benzene rings is 3. The average Bonchev–Trinajstić information content (AvgIpc) is 2.69. The molecule has 1 heterocycles. The van der Waals surface area contributed by atoms with E-state index in [1.807, 2.05) is 48.5 Å². The third-order valence-electron chi connectivity index (χ3n) is 4.10. The molecule has 0 bridgehead atoms. The first-order valence-electron chi connectivity index (χ1n) is 8.23. The first-order chi connectivity index (χ1) is 13.1. The molecule has 0 saturated carbocycles. The molecule has 0 saturated heterocycles. The summed E-state index contributed by atoms with van der Waals surface area (Å²) in [5, 5.41) is 1.33. The number of carbonyl (C=O) groups excluding carboxylic acids is 1. The van der Waals surface area contributed by atoms with Crippen LogP contribution in [0, 0.1) is 0 Å². The number of pyridine rings is 1. The second-order valence-corrected chi connectivity index (χ2v) is 7.27. The third-order valence-corrected chi connectivity index (χ3v) is 4.88. The lowest BCUT2D eigenvalue weighted by Gasteiger charge is -2.10. The molecule has 3 nitrogen and oxygen atoms in total. The topological polar surface area (TPSA) is 39.2 Å². The lowest BCUT2D eigenvalue weighted by molar-refractivity contribution is 0.0737. The van der Waals surface area contributed by atoms with Crippen LogP contribution >= 0.6 is 27.5 Å². The Hall–Kier alpha value is -2.69. The van der Waals surface area contributed by atoms with Gasteiger partial charge in [-0.1, -0.05) is 57.9 Å². The van der Waals surface area contributed by atoms with Crippen LogP contribution in [0.3, 0.4) is 0 Å². The monoisotopic (exact) mass is 437 g/mol. The number of halogens is 2. The summed E-state index contributed by atoms with van der Waals surface area (Å²) >= 11 is 9.32.